The number of benzene rings is 2. The van der Waals surface area contributed by atoms with Crippen molar-refractivity contribution < 1.29 is 19.5 Å². The van der Waals surface area contributed by atoms with Crippen LogP contribution in [0.15, 0.2) is 60.7 Å². The van der Waals surface area contributed by atoms with E-state index in [4.69, 9.17) is 5.11 Å². The van der Waals surface area contributed by atoms with Crippen molar-refractivity contribution in [3.05, 3.63) is 66.2 Å². The predicted molar refractivity (Wildman–Crippen MR) is 140 cm³/mol. The molecule has 0 saturated carbocycles. The van der Waals surface area contributed by atoms with Crippen molar-refractivity contribution in [2.45, 2.75) is 54.7 Å². The minimum Gasteiger partial charge on any atom is -0.396 e. The van der Waals surface area contributed by atoms with Gasteiger partial charge in [-0.05, 0) is 49.8 Å². The van der Waals surface area contributed by atoms with E-state index < -0.39 is 22.6 Å². The quantitative estimate of drug-likeness (QED) is 0.429. The number of nitrogens with zero attached hydrogens (tertiary/aromatic N) is 1. The molecule has 5 rings (SSSR count). The summed E-state index contributed by atoms with van der Waals surface area (Å²) in [5, 5.41) is 15.3. The van der Waals surface area contributed by atoms with Gasteiger partial charge >= 0.3 is 0 Å². The fourth-order valence-electron chi connectivity index (χ4n) is 6.19. The number of anilines is 1. The summed E-state index contributed by atoms with van der Waals surface area (Å²) in [6, 6.07) is 18.5. The maximum absolute atomic E-state index is 13.9. The van der Waals surface area contributed by atoms with E-state index in [0.717, 1.165) is 24.8 Å². The highest BCUT2D eigenvalue weighted by atomic mass is 32.2. The molecule has 8 heteroatoms. The van der Waals surface area contributed by atoms with E-state index in [-0.39, 0.29) is 29.6 Å². The van der Waals surface area contributed by atoms with Crippen molar-refractivity contribution in [1.82, 2.24) is 10.2 Å². The molecule has 3 aliphatic heterocycles. The lowest BCUT2D eigenvalue weighted by Crippen LogP contribution is -2.53. The summed E-state index contributed by atoms with van der Waals surface area (Å²) in [4.78, 5) is 42.8. The van der Waals surface area contributed by atoms with E-state index in [2.05, 4.69) is 10.6 Å². The van der Waals surface area contributed by atoms with Crippen molar-refractivity contribution in [3.8, 4) is 0 Å². The molecule has 7 nitrogen and oxygen atoms in total. The first-order valence-electron chi connectivity index (χ1n) is 12.8. The molecule has 0 aromatic heterocycles. The van der Waals surface area contributed by atoms with Crippen LogP contribution in [0.2, 0.25) is 0 Å². The molecule has 190 valence electrons. The summed E-state index contributed by atoms with van der Waals surface area (Å²) in [5.74, 6) is -1.32. The molecular formula is C28H33N3O4S. The van der Waals surface area contributed by atoms with Crippen LogP contribution < -0.4 is 10.6 Å². The topological polar surface area (TPSA) is 98.7 Å². The van der Waals surface area contributed by atoms with Gasteiger partial charge in [0.15, 0.2) is 0 Å². The largest absolute Gasteiger partial charge is 0.396 e. The lowest BCUT2D eigenvalue weighted by Gasteiger charge is -2.34. The molecule has 2 aromatic rings. The summed E-state index contributed by atoms with van der Waals surface area (Å²) in [6.07, 6.45) is 3.74. The number of carbonyl (C=O) groups excluding carboxylic acids is 3. The first-order chi connectivity index (χ1) is 17.5. The number of aliphatic hydroxyl groups is 1. The van der Waals surface area contributed by atoms with E-state index in [1.54, 1.807) is 16.7 Å². The average Bonchev–Trinajstić information content (AvgIpc) is 3.54. The number of thioether (sulfide) groups is 1. The molecular weight excluding hydrogens is 474 g/mol. The molecule has 2 unspecified atom stereocenters. The molecule has 3 fully saturated rings. The Morgan fingerprint density at radius 2 is 1.72 bits per heavy atom. The normalized spacial score (nSPS) is 28.2. The minimum absolute atomic E-state index is 0.0311. The van der Waals surface area contributed by atoms with Crippen LogP contribution in [0, 0.1) is 11.8 Å². The van der Waals surface area contributed by atoms with Crippen molar-refractivity contribution in [3.63, 3.8) is 0 Å². The van der Waals surface area contributed by atoms with Gasteiger partial charge in [0, 0.05) is 30.6 Å². The summed E-state index contributed by atoms with van der Waals surface area (Å²) in [7, 11) is 0. The van der Waals surface area contributed by atoms with E-state index in [1.165, 1.54) is 0 Å². The number of para-hydroxylation sites is 1. The number of hydrogen-bond acceptors (Lipinski definition) is 5. The SMILES string of the molecule is O=C(NCc1ccccc1)C1N(CCCCCO)C(=O)[C@@H]2[C@@H](C(=O)Nc3ccccc3)[C@H]3CCC12S3. The highest BCUT2D eigenvalue weighted by molar-refractivity contribution is 8.02. The molecule has 3 amide bonds. The standard InChI is InChI=1S/C28H33N3O4S/c32-17-9-3-8-16-31-24(26(34)29-18-19-10-4-1-5-11-19)28-15-14-21(36-28)22(23(28)27(31)35)25(33)30-20-12-6-2-7-13-20/h1-2,4-7,10-13,21-24,32H,3,8-9,14-18H2,(H,29,34)(H,30,33)/t21-,22+,23+,24?,28?/m1/s1. The Labute approximate surface area is 216 Å². The van der Waals surface area contributed by atoms with Crippen LogP contribution in [-0.4, -0.2) is 56.9 Å². The van der Waals surface area contributed by atoms with Crippen LogP contribution in [0.5, 0.6) is 0 Å². The van der Waals surface area contributed by atoms with Crippen LogP contribution >= 0.6 is 11.8 Å². The molecule has 1 spiro atoms. The summed E-state index contributed by atoms with van der Waals surface area (Å²) >= 11 is 1.68. The zero-order valence-corrected chi connectivity index (χ0v) is 21.1. The Hall–Kier alpha value is -2.84. The Morgan fingerprint density at radius 1 is 1.00 bits per heavy atom. The molecule has 0 radical (unpaired) electrons. The molecule has 0 aliphatic carbocycles. The number of nitrogens with one attached hydrogen (secondary N) is 2. The van der Waals surface area contributed by atoms with Gasteiger partial charge in [-0.3, -0.25) is 14.4 Å². The third kappa shape index (κ3) is 4.52. The zero-order valence-electron chi connectivity index (χ0n) is 20.3. The minimum atomic E-state index is -0.600. The average molecular weight is 508 g/mol. The molecule has 36 heavy (non-hydrogen) atoms. The van der Waals surface area contributed by atoms with Crippen LogP contribution in [0.25, 0.3) is 0 Å². The second-order valence-corrected chi connectivity index (χ2v) is 11.5. The van der Waals surface area contributed by atoms with Gasteiger partial charge in [0.1, 0.15) is 6.04 Å². The lowest BCUT2D eigenvalue weighted by molar-refractivity contribution is -0.139. The first kappa shape index (κ1) is 24.8. The number of fused-ring (bicyclic) bond motifs is 1. The number of amides is 3. The van der Waals surface area contributed by atoms with Gasteiger partial charge in [0.05, 0.1) is 16.6 Å². The van der Waals surface area contributed by atoms with Gasteiger partial charge in [-0.2, -0.15) is 0 Å². The maximum Gasteiger partial charge on any atom is 0.244 e. The van der Waals surface area contributed by atoms with Gasteiger partial charge in [-0.25, -0.2) is 0 Å². The van der Waals surface area contributed by atoms with Crippen LogP contribution in [0.3, 0.4) is 0 Å². The molecule has 3 saturated heterocycles. The summed E-state index contributed by atoms with van der Waals surface area (Å²) in [5.41, 5.74) is 1.72. The Kier molecular flexibility index (Phi) is 7.34. The van der Waals surface area contributed by atoms with E-state index in [9.17, 15) is 14.4 Å². The molecule has 2 bridgehead atoms. The molecule has 3 heterocycles. The van der Waals surface area contributed by atoms with E-state index in [1.807, 2.05) is 60.7 Å². The number of likely N-dealkylation sites (tertiary alicyclic amines) is 1. The van der Waals surface area contributed by atoms with Gasteiger partial charge in [-0.15, -0.1) is 11.8 Å². The number of carbonyl (C=O) groups is 3. The van der Waals surface area contributed by atoms with Crippen molar-refractivity contribution in [2.75, 3.05) is 18.5 Å². The number of rotatable bonds is 10. The summed E-state index contributed by atoms with van der Waals surface area (Å²) < 4.78 is -0.585. The lowest BCUT2D eigenvalue weighted by atomic mass is 9.70. The van der Waals surface area contributed by atoms with Crippen LogP contribution in [-0.2, 0) is 20.9 Å². The Bertz CT molecular complexity index is 1100. The molecule has 5 atom stereocenters. The van der Waals surface area contributed by atoms with Gasteiger partial charge in [0.2, 0.25) is 17.7 Å². The van der Waals surface area contributed by atoms with Gasteiger partial charge in [-0.1, -0.05) is 48.5 Å². The third-order valence-electron chi connectivity index (χ3n) is 7.76. The van der Waals surface area contributed by atoms with Crippen LogP contribution in [0.4, 0.5) is 5.69 Å². The number of unbranched alkanes of at least 4 members (excludes halogenated alkanes) is 2. The van der Waals surface area contributed by atoms with Gasteiger partial charge in [0.25, 0.3) is 0 Å². The monoisotopic (exact) mass is 507 g/mol. The predicted octanol–water partition coefficient (Wildman–Crippen LogP) is 3.20. The summed E-state index contributed by atoms with van der Waals surface area (Å²) in [6.45, 7) is 0.967. The second kappa shape index (κ2) is 10.6. The van der Waals surface area contributed by atoms with Gasteiger partial charge < -0.3 is 20.6 Å². The molecule has 3 aliphatic rings. The fraction of sp³-hybridized carbons (Fsp3) is 0.464. The van der Waals surface area contributed by atoms with Crippen molar-refractivity contribution >= 4 is 35.2 Å². The Balaban J connectivity index is 1.39. The first-order valence-corrected chi connectivity index (χ1v) is 13.7. The Morgan fingerprint density at radius 3 is 2.44 bits per heavy atom. The fourth-order valence-corrected chi connectivity index (χ4v) is 8.41. The number of hydrogen-bond donors (Lipinski definition) is 3. The van der Waals surface area contributed by atoms with E-state index in [0.29, 0.717) is 31.6 Å². The highest BCUT2D eigenvalue weighted by Gasteiger charge is 2.73. The zero-order chi connectivity index (χ0) is 25.1. The van der Waals surface area contributed by atoms with Crippen molar-refractivity contribution in [2.24, 2.45) is 11.8 Å². The maximum atomic E-state index is 13.9. The smallest absolute Gasteiger partial charge is 0.244 e. The molecule has 3 N–H and O–H groups in total. The highest BCUT2D eigenvalue weighted by Crippen LogP contribution is 2.66. The van der Waals surface area contributed by atoms with Crippen molar-refractivity contribution in [1.29, 1.82) is 0 Å². The van der Waals surface area contributed by atoms with E-state index >= 15 is 0 Å². The second-order valence-electron chi connectivity index (χ2n) is 9.93. The van der Waals surface area contributed by atoms with Crippen LogP contribution in [0.1, 0.15) is 37.7 Å². The molecule has 2 aromatic carbocycles. The third-order valence-corrected chi connectivity index (χ3v) is 9.71. The number of aliphatic hydroxyl groups excluding tert-OH is 1.